The maximum Gasteiger partial charge on any atom is 0.247 e. The van der Waals surface area contributed by atoms with Crippen LogP contribution in [0.4, 0.5) is 23.1 Å². The van der Waals surface area contributed by atoms with E-state index in [1.54, 1.807) is 12.1 Å². The van der Waals surface area contributed by atoms with Crippen molar-refractivity contribution in [2.24, 2.45) is 0 Å². The highest BCUT2D eigenvalue weighted by Gasteiger charge is 2.26. The molecular formula is C21H20ClN9O2. The van der Waals surface area contributed by atoms with Gasteiger partial charge in [-0.05, 0) is 25.0 Å². The van der Waals surface area contributed by atoms with Crippen LogP contribution in [0.15, 0.2) is 18.3 Å². The largest absolute Gasteiger partial charge is 0.394 e. The number of nitrogens with one attached hydrogen (secondary N) is 2. The van der Waals surface area contributed by atoms with Crippen molar-refractivity contribution in [2.45, 2.75) is 25.0 Å². The Morgan fingerprint density at radius 1 is 1.27 bits per heavy atom. The van der Waals surface area contributed by atoms with Gasteiger partial charge in [-0.1, -0.05) is 11.6 Å². The maximum atomic E-state index is 9.58. The SMILES string of the molecule is N#Cc1cc(Nc2nc(NC3CC3)c3ncc(C#N)n3n2)c(Cl)c(N2CCOC(CO)C2)c1. The first kappa shape index (κ1) is 21.2. The molecule has 33 heavy (non-hydrogen) atoms. The number of rotatable bonds is 6. The fraction of sp³-hybridized carbons (Fsp3) is 0.381. The Morgan fingerprint density at radius 3 is 2.85 bits per heavy atom. The lowest BCUT2D eigenvalue weighted by Gasteiger charge is -2.34. The summed E-state index contributed by atoms with van der Waals surface area (Å²) in [4.78, 5) is 10.8. The number of morpholine rings is 1. The molecule has 1 aromatic carbocycles. The predicted molar refractivity (Wildman–Crippen MR) is 121 cm³/mol. The highest BCUT2D eigenvalue weighted by Crippen LogP contribution is 2.37. The second kappa shape index (κ2) is 8.71. The Morgan fingerprint density at radius 2 is 2.12 bits per heavy atom. The number of benzene rings is 1. The molecule has 2 aliphatic rings. The Hall–Kier alpha value is -3.64. The van der Waals surface area contributed by atoms with Crippen molar-refractivity contribution in [3.63, 3.8) is 0 Å². The summed E-state index contributed by atoms with van der Waals surface area (Å²) in [6.07, 6.45) is 3.20. The lowest BCUT2D eigenvalue weighted by atomic mass is 10.1. The molecule has 0 spiro atoms. The third kappa shape index (κ3) is 4.22. The molecular weight excluding hydrogens is 446 g/mol. The van der Waals surface area contributed by atoms with E-state index in [0.29, 0.717) is 59.2 Å². The van der Waals surface area contributed by atoms with Crippen molar-refractivity contribution in [2.75, 3.05) is 41.8 Å². The molecule has 12 heteroatoms. The third-order valence-electron chi connectivity index (χ3n) is 5.51. The summed E-state index contributed by atoms with van der Waals surface area (Å²) in [7, 11) is 0. The Balaban J connectivity index is 1.53. The minimum absolute atomic E-state index is 0.103. The molecule has 3 aromatic rings. The van der Waals surface area contributed by atoms with Gasteiger partial charge in [-0.3, -0.25) is 0 Å². The molecule has 5 rings (SSSR count). The summed E-state index contributed by atoms with van der Waals surface area (Å²) < 4.78 is 6.96. The average Bonchev–Trinajstić information content (AvgIpc) is 3.56. The molecule has 2 fully saturated rings. The smallest absolute Gasteiger partial charge is 0.247 e. The van der Waals surface area contributed by atoms with E-state index >= 15 is 0 Å². The molecule has 1 aliphatic carbocycles. The van der Waals surface area contributed by atoms with Crippen LogP contribution in [0.1, 0.15) is 24.1 Å². The van der Waals surface area contributed by atoms with Gasteiger partial charge >= 0.3 is 0 Å². The summed E-state index contributed by atoms with van der Waals surface area (Å²) in [6, 6.07) is 7.88. The normalized spacial score (nSPS) is 18.1. The van der Waals surface area contributed by atoms with Gasteiger partial charge in [0.05, 0.1) is 53.5 Å². The molecule has 1 aliphatic heterocycles. The topological polar surface area (TPSA) is 147 Å². The molecule has 1 saturated heterocycles. The lowest BCUT2D eigenvalue weighted by molar-refractivity contribution is 0.00357. The monoisotopic (exact) mass is 465 g/mol. The number of halogens is 1. The molecule has 0 amide bonds. The van der Waals surface area contributed by atoms with Crippen LogP contribution in [-0.2, 0) is 4.74 Å². The summed E-state index contributed by atoms with van der Waals surface area (Å²) >= 11 is 6.74. The van der Waals surface area contributed by atoms with Crippen molar-refractivity contribution in [3.05, 3.63) is 34.6 Å². The molecule has 11 nitrogen and oxygen atoms in total. The van der Waals surface area contributed by atoms with Gasteiger partial charge in [0.2, 0.25) is 5.95 Å². The second-order valence-corrected chi connectivity index (χ2v) is 8.29. The number of hydrogen-bond acceptors (Lipinski definition) is 10. The van der Waals surface area contributed by atoms with Crippen LogP contribution in [0.3, 0.4) is 0 Å². The van der Waals surface area contributed by atoms with Gasteiger partial charge < -0.3 is 25.4 Å². The number of aliphatic hydroxyl groups is 1. The lowest BCUT2D eigenvalue weighted by Crippen LogP contribution is -2.44. The zero-order valence-electron chi connectivity index (χ0n) is 17.5. The molecule has 168 valence electrons. The maximum absolute atomic E-state index is 9.58. The van der Waals surface area contributed by atoms with E-state index in [2.05, 4.69) is 37.8 Å². The molecule has 1 saturated carbocycles. The molecule has 3 heterocycles. The zero-order valence-corrected chi connectivity index (χ0v) is 18.2. The van der Waals surface area contributed by atoms with Crippen LogP contribution < -0.4 is 15.5 Å². The number of nitrogens with zero attached hydrogens (tertiary/aromatic N) is 7. The number of imidazole rings is 1. The van der Waals surface area contributed by atoms with E-state index in [9.17, 15) is 15.6 Å². The van der Waals surface area contributed by atoms with Crippen LogP contribution in [0, 0.1) is 22.7 Å². The number of aliphatic hydroxyl groups excluding tert-OH is 1. The van der Waals surface area contributed by atoms with Crippen LogP contribution >= 0.6 is 11.6 Å². The van der Waals surface area contributed by atoms with Gasteiger partial charge in [0.1, 0.15) is 6.07 Å². The van der Waals surface area contributed by atoms with Gasteiger partial charge in [0.15, 0.2) is 17.2 Å². The zero-order chi connectivity index (χ0) is 22.9. The van der Waals surface area contributed by atoms with Crippen LogP contribution in [0.25, 0.3) is 5.65 Å². The van der Waals surface area contributed by atoms with Crippen LogP contribution in [-0.4, -0.2) is 63.1 Å². The number of nitriles is 2. The highest BCUT2D eigenvalue weighted by molar-refractivity contribution is 6.36. The minimum Gasteiger partial charge on any atom is -0.394 e. The first-order chi connectivity index (χ1) is 16.1. The van der Waals surface area contributed by atoms with Gasteiger partial charge in [-0.25, -0.2) is 4.98 Å². The van der Waals surface area contributed by atoms with E-state index in [1.807, 2.05) is 4.90 Å². The van der Waals surface area contributed by atoms with E-state index in [1.165, 1.54) is 10.7 Å². The van der Waals surface area contributed by atoms with Crippen molar-refractivity contribution in [3.8, 4) is 12.1 Å². The summed E-state index contributed by atoms with van der Waals surface area (Å²) in [6.45, 7) is 1.36. The van der Waals surface area contributed by atoms with E-state index in [4.69, 9.17) is 16.3 Å². The number of aromatic nitrogens is 4. The quantitative estimate of drug-likeness (QED) is 0.493. The number of anilines is 4. The van der Waals surface area contributed by atoms with Crippen LogP contribution in [0.2, 0.25) is 5.02 Å². The third-order valence-corrected chi connectivity index (χ3v) is 5.90. The summed E-state index contributed by atoms with van der Waals surface area (Å²) in [5, 5.41) is 39.7. The molecule has 1 unspecified atom stereocenters. The number of fused-ring (bicyclic) bond motifs is 1. The Kier molecular flexibility index (Phi) is 5.60. The van der Waals surface area contributed by atoms with Gasteiger partial charge in [-0.15, -0.1) is 5.10 Å². The van der Waals surface area contributed by atoms with Gasteiger partial charge in [-0.2, -0.15) is 20.0 Å². The number of hydrogen-bond donors (Lipinski definition) is 3. The molecule has 3 N–H and O–H groups in total. The Labute approximate surface area is 194 Å². The fourth-order valence-electron chi connectivity index (χ4n) is 3.69. The first-order valence-electron chi connectivity index (χ1n) is 10.5. The van der Waals surface area contributed by atoms with Crippen molar-refractivity contribution >= 4 is 40.4 Å². The predicted octanol–water partition coefficient (Wildman–Crippen LogP) is 2.04. The van der Waals surface area contributed by atoms with Crippen molar-refractivity contribution < 1.29 is 9.84 Å². The molecule has 0 bridgehead atoms. The fourth-order valence-corrected chi connectivity index (χ4v) is 3.97. The molecule has 1 atom stereocenters. The van der Waals surface area contributed by atoms with E-state index in [-0.39, 0.29) is 24.4 Å². The van der Waals surface area contributed by atoms with E-state index in [0.717, 1.165) is 12.8 Å². The van der Waals surface area contributed by atoms with Crippen LogP contribution in [0.5, 0.6) is 0 Å². The van der Waals surface area contributed by atoms with Gasteiger partial charge in [0, 0.05) is 19.1 Å². The second-order valence-electron chi connectivity index (χ2n) is 7.91. The van der Waals surface area contributed by atoms with E-state index < -0.39 is 0 Å². The summed E-state index contributed by atoms with van der Waals surface area (Å²) in [5.41, 5.74) is 2.24. The molecule has 2 aromatic heterocycles. The van der Waals surface area contributed by atoms with Crippen molar-refractivity contribution in [1.82, 2.24) is 19.6 Å². The number of ether oxygens (including phenoxy) is 1. The minimum atomic E-state index is -0.329. The standard InChI is InChI=1S/C21H20ClN9O2/c22-18-16(5-12(7-23)6-17(18)30-3-4-33-15(10-30)11-32)27-21-28-19(26-13-1-2-13)20-25-9-14(8-24)31(20)29-21/h5-6,9,13,15,32H,1-4,10-11H2,(H2,26,27,28,29). The first-order valence-corrected chi connectivity index (χ1v) is 10.9. The highest BCUT2D eigenvalue weighted by atomic mass is 35.5. The van der Waals surface area contributed by atoms with Crippen molar-refractivity contribution in [1.29, 1.82) is 10.5 Å². The molecule has 0 radical (unpaired) electrons. The summed E-state index contributed by atoms with van der Waals surface area (Å²) in [5.74, 6) is 0.724. The average molecular weight is 466 g/mol. The Bertz CT molecular complexity index is 1290. The van der Waals surface area contributed by atoms with Gasteiger partial charge in [0.25, 0.3) is 0 Å².